The van der Waals surface area contributed by atoms with Gasteiger partial charge in [0, 0.05) is 19.3 Å². The van der Waals surface area contributed by atoms with Crippen LogP contribution in [0.2, 0.25) is 0 Å². The molecule has 0 aliphatic rings. The molecule has 0 N–H and O–H groups in total. The summed E-state index contributed by atoms with van der Waals surface area (Å²) >= 11 is 0. The molecular formula is C60H112O6. The van der Waals surface area contributed by atoms with Gasteiger partial charge in [-0.25, -0.2) is 0 Å². The molecule has 0 aliphatic carbocycles. The van der Waals surface area contributed by atoms with Crippen molar-refractivity contribution in [3.63, 3.8) is 0 Å². The second-order valence-electron chi connectivity index (χ2n) is 19.9. The van der Waals surface area contributed by atoms with Crippen molar-refractivity contribution in [1.82, 2.24) is 0 Å². The number of hydrogen-bond acceptors (Lipinski definition) is 6. The molecule has 0 aromatic carbocycles. The third-order valence-electron chi connectivity index (χ3n) is 13.2. The van der Waals surface area contributed by atoms with Gasteiger partial charge in [-0.3, -0.25) is 14.4 Å². The van der Waals surface area contributed by atoms with Gasteiger partial charge >= 0.3 is 17.9 Å². The van der Waals surface area contributed by atoms with Crippen molar-refractivity contribution in [2.24, 2.45) is 0 Å². The van der Waals surface area contributed by atoms with Gasteiger partial charge in [-0.2, -0.15) is 0 Å². The zero-order valence-electron chi connectivity index (χ0n) is 44.5. The summed E-state index contributed by atoms with van der Waals surface area (Å²) in [6, 6.07) is 0. The lowest BCUT2D eigenvalue weighted by Gasteiger charge is -2.18. The maximum absolute atomic E-state index is 12.9. The van der Waals surface area contributed by atoms with Crippen LogP contribution in [-0.2, 0) is 28.6 Å². The summed E-state index contributed by atoms with van der Waals surface area (Å²) in [7, 11) is 0. The molecule has 0 fully saturated rings. The first-order valence-electron chi connectivity index (χ1n) is 29.3. The molecule has 0 saturated carbocycles. The number of ether oxygens (including phenoxy) is 3. The van der Waals surface area contributed by atoms with Crippen LogP contribution in [0.4, 0.5) is 0 Å². The first kappa shape index (κ1) is 63.9. The molecule has 0 heterocycles. The smallest absolute Gasteiger partial charge is 0.306 e. The van der Waals surface area contributed by atoms with Crippen molar-refractivity contribution < 1.29 is 28.6 Å². The van der Waals surface area contributed by atoms with E-state index in [1.807, 2.05) is 0 Å². The molecule has 0 aromatic rings. The van der Waals surface area contributed by atoms with Gasteiger partial charge in [-0.1, -0.05) is 276 Å². The molecular weight excluding hydrogens is 817 g/mol. The third kappa shape index (κ3) is 52.9. The lowest BCUT2D eigenvalue weighted by Crippen LogP contribution is -2.30. The van der Waals surface area contributed by atoms with Gasteiger partial charge < -0.3 is 14.2 Å². The Balaban J connectivity index is 4.34. The van der Waals surface area contributed by atoms with Crippen molar-refractivity contribution in [2.45, 2.75) is 329 Å². The minimum Gasteiger partial charge on any atom is -0.462 e. The molecule has 0 radical (unpaired) electrons. The fraction of sp³-hybridized carbons (Fsp3) is 0.883. The largest absolute Gasteiger partial charge is 0.462 e. The zero-order valence-corrected chi connectivity index (χ0v) is 44.5. The Morgan fingerprint density at radius 3 is 0.848 bits per heavy atom. The van der Waals surface area contributed by atoms with Crippen molar-refractivity contribution in [2.75, 3.05) is 13.2 Å². The van der Waals surface area contributed by atoms with E-state index in [2.05, 4.69) is 45.1 Å². The van der Waals surface area contributed by atoms with Crippen LogP contribution in [0.25, 0.3) is 0 Å². The second-order valence-corrected chi connectivity index (χ2v) is 19.9. The Kier molecular flexibility index (Phi) is 53.7. The molecule has 6 heteroatoms. The van der Waals surface area contributed by atoms with Gasteiger partial charge in [0.25, 0.3) is 0 Å². The van der Waals surface area contributed by atoms with Gasteiger partial charge in [-0.05, 0) is 51.4 Å². The predicted molar refractivity (Wildman–Crippen MR) is 284 cm³/mol. The van der Waals surface area contributed by atoms with E-state index in [4.69, 9.17) is 14.2 Å². The lowest BCUT2D eigenvalue weighted by atomic mass is 10.0. The number of allylic oxidation sites excluding steroid dienone is 4. The molecule has 1 atom stereocenters. The normalized spacial score (nSPS) is 12.1. The minimum absolute atomic E-state index is 0.0700. The summed E-state index contributed by atoms with van der Waals surface area (Å²) < 4.78 is 16.9. The predicted octanol–water partition coefficient (Wildman–Crippen LogP) is 19.5. The quantitative estimate of drug-likeness (QED) is 0.0262. The molecule has 388 valence electrons. The first-order valence-corrected chi connectivity index (χ1v) is 29.3. The number of hydrogen-bond donors (Lipinski definition) is 0. The molecule has 0 bridgehead atoms. The average molecular weight is 930 g/mol. The summed E-state index contributed by atoms with van der Waals surface area (Å²) in [4.78, 5) is 38.2. The van der Waals surface area contributed by atoms with E-state index in [9.17, 15) is 14.4 Å². The van der Waals surface area contributed by atoms with E-state index >= 15 is 0 Å². The second kappa shape index (κ2) is 55.5. The van der Waals surface area contributed by atoms with E-state index in [1.54, 1.807) is 0 Å². The van der Waals surface area contributed by atoms with Crippen molar-refractivity contribution in [3.8, 4) is 0 Å². The Hall–Kier alpha value is -2.11. The number of unbranched alkanes of at least 4 members (excludes halogenated alkanes) is 39. The minimum atomic E-state index is -0.772. The highest BCUT2D eigenvalue weighted by Gasteiger charge is 2.19. The molecule has 1 unspecified atom stereocenters. The van der Waals surface area contributed by atoms with E-state index in [1.165, 1.54) is 205 Å². The molecule has 0 spiro atoms. The zero-order chi connectivity index (χ0) is 47.9. The van der Waals surface area contributed by atoms with Crippen LogP contribution < -0.4 is 0 Å². The summed E-state index contributed by atoms with van der Waals surface area (Å²) in [6.07, 6.45) is 64.5. The standard InChI is InChI=1S/C60H112O6/c1-4-7-10-13-16-19-22-25-28-31-34-37-40-43-46-49-52-58(61)64-55-57(66-60(63)54-51-48-45-42-39-36-33-30-27-24-21-18-15-12-9-6-3)56-65-59(62)53-50-47-44-41-38-35-32-29-26-23-20-17-14-11-8-5-2/h19,22,28,31,57H,4-18,20-21,23-27,29-30,32-56H2,1-3H3/b22-19-,31-28-. The van der Waals surface area contributed by atoms with E-state index < -0.39 is 6.10 Å². The highest BCUT2D eigenvalue weighted by atomic mass is 16.6. The van der Waals surface area contributed by atoms with Crippen LogP contribution in [0, 0.1) is 0 Å². The summed E-state index contributed by atoms with van der Waals surface area (Å²) in [5.41, 5.74) is 0. The number of rotatable bonds is 54. The van der Waals surface area contributed by atoms with Crippen LogP contribution in [0.1, 0.15) is 323 Å². The van der Waals surface area contributed by atoms with E-state index in [0.29, 0.717) is 19.3 Å². The topological polar surface area (TPSA) is 78.9 Å². The van der Waals surface area contributed by atoms with Crippen molar-refractivity contribution in [3.05, 3.63) is 24.3 Å². The van der Waals surface area contributed by atoms with Crippen LogP contribution in [0.5, 0.6) is 0 Å². The first-order chi connectivity index (χ1) is 32.5. The Bertz CT molecular complexity index is 1070. The Labute approximate surface area is 411 Å². The van der Waals surface area contributed by atoms with E-state index in [-0.39, 0.29) is 31.1 Å². The van der Waals surface area contributed by atoms with Gasteiger partial charge in [0.15, 0.2) is 6.10 Å². The summed E-state index contributed by atoms with van der Waals surface area (Å²) in [6.45, 7) is 6.67. The Morgan fingerprint density at radius 2 is 0.545 bits per heavy atom. The molecule has 0 amide bonds. The molecule has 6 nitrogen and oxygen atoms in total. The van der Waals surface area contributed by atoms with Gasteiger partial charge in [-0.15, -0.1) is 0 Å². The molecule has 66 heavy (non-hydrogen) atoms. The Morgan fingerprint density at radius 1 is 0.303 bits per heavy atom. The highest BCUT2D eigenvalue weighted by molar-refractivity contribution is 5.71. The maximum atomic E-state index is 12.9. The molecule has 0 saturated heterocycles. The van der Waals surface area contributed by atoms with Crippen LogP contribution in [-0.4, -0.2) is 37.2 Å². The fourth-order valence-corrected chi connectivity index (χ4v) is 8.77. The third-order valence-corrected chi connectivity index (χ3v) is 13.2. The van der Waals surface area contributed by atoms with Gasteiger partial charge in [0.05, 0.1) is 0 Å². The molecule has 0 rings (SSSR count). The summed E-state index contributed by atoms with van der Waals surface area (Å²) in [5, 5.41) is 0. The maximum Gasteiger partial charge on any atom is 0.306 e. The highest BCUT2D eigenvalue weighted by Crippen LogP contribution is 2.17. The van der Waals surface area contributed by atoms with Crippen LogP contribution in [0.15, 0.2) is 24.3 Å². The molecule has 0 aromatic heterocycles. The summed E-state index contributed by atoms with van der Waals surface area (Å²) in [5.74, 6) is -0.861. The fourth-order valence-electron chi connectivity index (χ4n) is 8.77. The molecule has 0 aliphatic heterocycles. The lowest BCUT2D eigenvalue weighted by molar-refractivity contribution is -0.167. The van der Waals surface area contributed by atoms with Crippen LogP contribution in [0.3, 0.4) is 0 Å². The van der Waals surface area contributed by atoms with Gasteiger partial charge in [0.1, 0.15) is 13.2 Å². The monoisotopic (exact) mass is 929 g/mol. The van der Waals surface area contributed by atoms with Crippen LogP contribution >= 0.6 is 0 Å². The number of carbonyl (C=O) groups is 3. The number of esters is 3. The van der Waals surface area contributed by atoms with E-state index in [0.717, 1.165) is 77.0 Å². The van der Waals surface area contributed by atoms with Crippen molar-refractivity contribution in [1.29, 1.82) is 0 Å². The van der Waals surface area contributed by atoms with Gasteiger partial charge in [0.2, 0.25) is 0 Å². The van der Waals surface area contributed by atoms with Crippen molar-refractivity contribution >= 4 is 17.9 Å². The average Bonchev–Trinajstić information content (AvgIpc) is 3.31. The number of carbonyl (C=O) groups excluding carboxylic acids is 3. The SMILES string of the molecule is CCCCCC/C=C\C/C=C\CCCCCCCC(=O)OCC(COC(=O)CCCCCCCCCCCCCCCCCC)OC(=O)CCCCCCCCCCCCCCCCCC.